The molecule has 4 atom stereocenters. The van der Waals surface area contributed by atoms with Crippen LogP contribution in [0, 0.1) is 17.8 Å². The van der Waals surface area contributed by atoms with Gasteiger partial charge in [0.2, 0.25) is 0 Å². The highest BCUT2D eigenvalue weighted by Gasteiger charge is 2.52. The van der Waals surface area contributed by atoms with Crippen LogP contribution < -0.4 is 5.73 Å². The minimum absolute atomic E-state index is 0.00491. The Labute approximate surface area is 78.6 Å². The fourth-order valence-electron chi connectivity index (χ4n) is 3.02. The summed E-state index contributed by atoms with van der Waals surface area (Å²) in [6.45, 7) is 2.36. The molecule has 0 radical (unpaired) electrons. The summed E-state index contributed by atoms with van der Waals surface area (Å²) in [5.74, 6) is 1.37. The zero-order valence-corrected chi connectivity index (χ0v) is 8.16. The number of carbonyl (C=O) groups is 1. The highest BCUT2D eigenvalue weighted by molar-refractivity contribution is 5.74. The zero-order chi connectivity index (χ0) is 9.42. The SMILES string of the molecule is CCOC(=O)[C@@H]1[C@@H]2CC[C@@H](C2)[C@@H]1[NH3+]. The van der Waals surface area contributed by atoms with Crippen LogP contribution in [-0.4, -0.2) is 18.6 Å². The molecule has 3 N–H and O–H groups in total. The molecule has 2 aliphatic carbocycles. The topological polar surface area (TPSA) is 53.9 Å². The van der Waals surface area contributed by atoms with Crippen LogP contribution in [0.3, 0.4) is 0 Å². The van der Waals surface area contributed by atoms with Crippen LogP contribution >= 0.6 is 0 Å². The van der Waals surface area contributed by atoms with Crippen LogP contribution in [0.5, 0.6) is 0 Å². The first-order chi connectivity index (χ1) is 6.24. The fraction of sp³-hybridized carbons (Fsp3) is 0.900. The van der Waals surface area contributed by atoms with Gasteiger partial charge in [0.05, 0.1) is 6.61 Å². The molecule has 2 fully saturated rings. The van der Waals surface area contributed by atoms with Crippen molar-refractivity contribution < 1.29 is 15.3 Å². The summed E-state index contributed by atoms with van der Waals surface area (Å²) in [4.78, 5) is 11.6. The molecule has 0 aromatic rings. The Balaban J connectivity index is 2.03. The van der Waals surface area contributed by atoms with Gasteiger partial charge in [-0.05, 0) is 32.1 Å². The van der Waals surface area contributed by atoms with Crippen molar-refractivity contribution in [1.82, 2.24) is 0 Å². The molecule has 0 heterocycles. The molecule has 2 bridgehead atoms. The summed E-state index contributed by atoms with van der Waals surface area (Å²) in [6, 6.07) is 0.317. The Bertz CT molecular complexity index is 215. The molecular formula is C10H18NO2+. The lowest BCUT2D eigenvalue weighted by Gasteiger charge is -2.23. The monoisotopic (exact) mass is 184 g/mol. The van der Waals surface area contributed by atoms with Crippen LogP contribution in [0.1, 0.15) is 26.2 Å². The largest absolute Gasteiger partial charge is 0.466 e. The molecule has 2 rings (SSSR count). The van der Waals surface area contributed by atoms with Crippen LogP contribution in [0.2, 0.25) is 0 Å². The Morgan fingerprint density at radius 1 is 1.46 bits per heavy atom. The Morgan fingerprint density at radius 3 is 2.69 bits per heavy atom. The number of fused-ring (bicyclic) bond motifs is 2. The second-order valence-electron chi connectivity index (χ2n) is 4.27. The summed E-state index contributed by atoms with van der Waals surface area (Å²) in [5, 5.41) is 0. The number of hydrogen-bond donors (Lipinski definition) is 1. The van der Waals surface area contributed by atoms with Crippen molar-refractivity contribution in [3.05, 3.63) is 0 Å². The summed E-state index contributed by atoms with van der Waals surface area (Å²) in [7, 11) is 0. The number of hydrogen-bond acceptors (Lipinski definition) is 2. The van der Waals surface area contributed by atoms with E-state index in [1.54, 1.807) is 0 Å². The molecule has 2 aliphatic rings. The van der Waals surface area contributed by atoms with Crippen molar-refractivity contribution in [1.29, 1.82) is 0 Å². The third-order valence-electron chi connectivity index (χ3n) is 3.65. The highest BCUT2D eigenvalue weighted by Crippen LogP contribution is 2.47. The maximum absolute atomic E-state index is 11.6. The van der Waals surface area contributed by atoms with E-state index in [4.69, 9.17) is 4.74 Å². The zero-order valence-electron chi connectivity index (χ0n) is 8.16. The Morgan fingerprint density at radius 2 is 2.15 bits per heavy atom. The number of ether oxygens (including phenoxy) is 1. The number of carbonyl (C=O) groups excluding carboxylic acids is 1. The van der Waals surface area contributed by atoms with Crippen molar-refractivity contribution in [2.24, 2.45) is 17.8 Å². The lowest BCUT2D eigenvalue weighted by atomic mass is 9.85. The molecule has 3 heteroatoms. The lowest BCUT2D eigenvalue weighted by molar-refractivity contribution is -0.440. The molecule has 3 nitrogen and oxygen atoms in total. The second kappa shape index (κ2) is 3.29. The number of rotatable bonds is 2. The quantitative estimate of drug-likeness (QED) is 0.623. The van der Waals surface area contributed by atoms with Gasteiger partial charge in [0.1, 0.15) is 12.0 Å². The maximum atomic E-state index is 11.6. The van der Waals surface area contributed by atoms with Crippen molar-refractivity contribution in [2.75, 3.05) is 6.61 Å². The molecule has 0 spiro atoms. The molecule has 13 heavy (non-hydrogen) atoms. The van der Waals surface area contributed by atoms with Crippen LogP contribution in [-0.2, 0) is 9.53 Å². The molecule has 74 valence electrons. The fourth-order valence-corrected chi connectivity index (χ4v) is 3.02. The summed E-state index contributed by atoms with van der Waals surface area (Å²) in [6.07, 6.45) is 3.69. The lowest BCUT2D eigenvalue weighted by Crippen LogP contribution is -2.68. The van der Waals surface area contributed by atoms with Crippen LogP contribution in [0.4, 0.5) is 0 Å². The minimum atomic E-state index is -0.00491. The first kappa shape index (κ1) is 9.00. The first-order valence-electron chi connectivity index (χ1n) is 5.23. The van der Waals surface area contributed by atoms with E-state index in [1.165, 1.54) is 19.3 Å². The summed E-state index contributed by atoms with van der Waals surface area (Å²) >= 11 is 0. The van der Waals surface area contributed by atoms with Crippen molar-refractivity contribution in [2.45, 2.75) is 32.2 Å². The number of esters is 1. The predicted molar refractivity (Wildman–Crippen MR) is 47.6 cm³/mol. The summed E-state index contributed by atoms with van der Waals surface area (Å²) < 4.78 is 5.07. The molecule has 0 unspecified atom stereocenters. The highest BCUT2D eigenvalue weighted by atomic mass is 16.5. The van der Waals surface area contributed by atoms with Crippen molar-refractivity contribution >= 4 is 5.97 Å². The van der Waals surface area contributed by atoms with Gasteiger partial charge in [-0.2, -0.15) is 0 Å². The Kier molecular flexibility index (Phi) is 2.28. The van der Waals surface area contributed by atoms with Gasteiger partial charge in [0.25, 0.3) is 0 Å². The van der Waals surface area contributed by atoms with Gasteiger partial charge in [0, 0.05) is 5.92 Å². The molecule has 0 saturated heterocycles. The van der Waals surface area contributed by atoms with E-state index in [1.807, 2.05) is 6.92 Å². The molecule has 0 aromatic heterocycles. The predicted octanol–water partition coefficient (Wildman–Crippen LogP) is 0.206. The van der Waals surface area contributed by atoms with Crippen LogP contribution in [0.25, 0.3) is 0 Å². The van der Waals surface area contributed by atoms with Gasteiger partial charge in [-0.25, -0.2) is 0 Å². The van der Waals surface area contributed by atoms with E-state index in [2.05, 4.69) is 5.73 Å². The van der Waals surface area contributed by atoms with E-state index in [-0.39, 0.29) is 11.9 Å². The standard InChI is InChI=1S/C10H17NO2/c1-2-13-10(12)8-6-3-4-7(5-6)9(8)11/h6-9H,2-5,11H2,1H3/p+1/t6-,7+,8-,9+/m1/s1. The van der Waals surface area contributed by atoms with E-state index in [0.717, 1.165) is 0 Å². The van der Waals surface area contributed by atoms with Crippen molar-refractivity contribution in [3.8, 4) is 0 Å². The minimum Gasteiger partial charge on any atom is -0.466 e. The second-order valence-corrected chi connectivity index (χ2v) is 4.27. The van der Waals surface area contributed by atoms with Gasteiger partial charge in [0.15, 0.2) is 0 Å². The molecular weight excluding hydrogens is 166 g/mol. The first-order valence-corrected chi connectivity index (χ1v) is 5.23. The average Bonchev–Trinajstić information content (AvgIpc) is 2.63. The molecule has 0 aliphatic heterocycles. The van der Waals surface area contributed by atoms with E-state index < -0.39 is 0 Å². The molecule has 2 saturated carbocycles. The normalized spacial score (nSPS) is 42.3. The number of quaternary nitrogens is 1. The van der Waals surface area contributed by atoms with E-state index >= 15 is 0 Å². The third-order valence-corrected chi connectivity index (χ3v) is 3.65. The third kappa shape index (κ3) is 1.35. The maximum Gasteiger partial charge on any atom is 0.315 e. The smallest absolute Gasteiger partial charge is 0.315 e. The van der Waals surface area contributed by atoms with Crippen molar-refractivity contribution in [3.63, 3.8) is 0 Å². The molecule has 0 amide bonds. The van der Waals surface area contributed by atoms with Gasteiger partial charge < -0.3 is 10.5 Å². The van der Waals surface area contributed by atoms with E-state index in [9.17, 15) is 4.79 Å². The summed E-state index contributed by atoms with van der Waals surface area (Å²) in [5.41, 5.74) is 4.10. The molecule has 0 aromatic carbocycles. The van der Waals surface area contributed by atoms with Gasteiger partial charge in [-0.1, -0.05) is 0 Å². The van der Waals surface area contributed by atoms with Gasteiger partial charge in [-0.15, -0.1) is 0 Å². The van der Waals surface area contributed by atoms with E-state index in [0.29, 0.717) is 24.5 Å². The average molecular weight is 184 g/mol. The van der Waals surface area contributed by atoms with Gasteiger partial charge in [-0.3, -0.25) is 4.79 Å². The Hall–Kier alpha value is -0.570. The van der Waals surface area contributed by atoms with Gasteiger partial charge >= 0.3 is 5.97 Å². The van der Waals surface area contributed by atoms with Crippen LogP contribution in [0.15, 0.2) is 0 Å².